The first-order valence-electron chi connectivity index (χ1n) is 8.47. The summed E-state index contributed by atoms with van der Waals surface area (Å²) in [6.45, 7) is 6.54. The molecular formula is C22H21N2S+. The van der Waals surface area contributed by atoms with Crippen molar-refractivity contribution in [1.82, 2.24) is 4.98 Å². The van der Waals surface area contributed by atoms with Gasteiger partial charge in [0.1, 0.15) is 16.8 Å². The van der Waals surface area contributed by atoms with Crippen LogP contribution in [0.25, 0.3) is 32.0 Å². The zero-order valence-corrected chi connectivity index (χ0v) is 15.8. The molecule has 0 atom stereocenters. The molecule has 4 aromatic rings. The predicted molar refractivity (Wildman–Crippen MR) is 106 cm³/mol. The van der Waals surface area contributed by atoms with E-state index in [-0.39, 0.29) is 0 Å². The fourth-order valence-corrected chi connectivity index (χ4v) is 4.32. The van der Waals surface area contributed by atoms with E-state index >= 15 is 0 Å². The molecule has 2 aromatic carbocycles. The van der Waals surface area contributed by atoms with Crippen molar-refractivity contribution in [2.45, 2.75) is 20.8 Å². The molecule has 0 aliphatic rings. The molecule has 0 unspecified atom stereocenters. The summed E-state index contributed by atoms with van der Waals surface area (Å²) in [6, 6.07) is 17.1. The van der Waals surface area contributed by atoms with Gasteiger partial charge in [-0.15, -0.1) is 11.3 Å². The number of hydrogen-bond acceptors (Lipinski definition) is 2. The van der Waals surface area contributed by atoms with E-state index in [9.17, 15) is 0 Å². The molecule has 124 valence electrons. The van der Waals surface area contributed by atoms with E-state index < -0.39 is 0 Å². The molecule has 0 amide bonds. The quantitative estimate of drug-likeness (QED) is 0.446. The Bertz CT molecular complexity index is 1080. The van der Waals surface area contributed by atoms with Crippen molar-refractivity contribution in [3.8, 4) is 21.8 Å². The Morgan fingerprint density at radius 1 is 0.960 bits per heavy atom. The van der Waals surface area contributed by atoms with Gasteiger partial charge in [-0.25, -0.2) is 4.98 Å². The molecule has 0 bridgehead atoms. The summed E-state index contributed by atoms with van der Waals surface area (Å²) >= 11 is 1.75. The Hall–Kier alpha value is -2.52. The summed E-state index contributed by atoms with van der Waals surface area (Å²) in [6.07, 6.45) is 2.20. The van der Waals surface area contributed by atoms with E-state index in [1.165, 1.54) is 38.2 Å². The van der Waals surface area contributed by atoms with Gasteiger partial charge in [0.15, 0.2) is 6.20 Å². The van der Waals surface area contributed by atoms with Crippen molar-refractivity contribution < 1.29 is 4.57 Å². The summed E-state index contributed by atoms with van der Waals surface area (Å²) in [5.74, 6) is 0. The van der Waals surface area contributed by atoms with Crippen molar-refractivity contribution in [1.29, 1.82) is 0 Å². The van der Waals surface area contributed by atoms with Crippen molar-refractivity contribution in [3.63, 3.8) is 0 Å². The van der Waals surface area contributed by atoms with Gasteiger partial charge in [-0.3, -0.25) is 0 Å². The molecular weight excluding hydrogens is 324 g/mol. The molecule has 2 aromatic heterocycles. The Kier molecular flexibility index (Phi) is 3.89. The second-order valence-electron chi connectivity index (χ2n) is 6.66. The van der Waals surface area contributed by atoms with Crippen LogP contribution in [-0.2, 0) is 7.05 Å². The molecule has 0 aliphatic heterocycles. The number of pyridine rings is 1. The molecule has 4 rings (SSSR count). The second-order valence-corrected chi connectivity index (χ2v) is 7.69. The third-order valence-corrected chi connectivity index (χ3v) is 5.81. The topological polar surface area (TPSA) is 16.8 Å². The van der Waals surface area contributed by atoms with E-state index in [4.69, 9.17) is 4.98 Å². The maximum atomic E-state index is 4.89. The summed E-state index contributed by atoms with van der Waals surface area (Å²) < 4.78 is 3.43. The number of thiazole rings is 1. The largest absolute Gasteiger partial charge is 0.236 e. The highest BCUT2D eigenvalue weighted by molar-refractivity contribution is 7.21. The van der Waals surface area contributed by atoms with Gasteiger partial charge in [0.25, 0.3) is 0 Å². The van der Waals surface area contributed by atoms with Crippen molar-refractivity contribution in [2.24, 2.45) is 7.05 Å². The van der Waals surface area contributed by atoms with Crippen molar-refractivity contribution >= 4 is 21.6 Å². The second kappa shape index (κ2) is 6.08. The highest BCUT2D eigenvalue weighted by Crippen LogP contribution is 2.32. The Morgan fingerprint density at radius 2 is 1.72 bits per heavy atom. The first kappa shape index (κ1) is 16.0. The molecule has 0 aliphatic carbocycles. The minimum absolute atomic E-state index is 1.07. The van der Waals surface area contributed by atoms with Gasteiger partial charge in [0.05, 0.1) is 5.52 Å². The molecule has 0 fully saturated rings. The lowest BCUT2D eigenvalue weighted by Crippen LogP contribution is -2.30. The molecule has 0 radical (unpaired) electrons. The summed E-state index contributed by atoms with van der Waals surface area (Å²) in [5.41, 5.74) is 8.70. The van der Waals surface area contributed by atoms with Crippen LogP contribution < -0.4 is 4.57 Å². The van der Waals surface area contributed by atoms with Crippen molar-refractivity contribution in [3.05, 3.63) is 71.4 Å². The third-order valence-electron chi connectivity index (χ3n) is 4.75. The number of fused-ring (bicyclic) bond motifs is 1. The summed E-state index contributed by atoms with van der Waals surface area (Å²) in [5, 5.41) is 1.07. The lowest BCUT2D eigenvalue weighted by Gasteiger charge is -2.09. The van der Waals surface area contributed by atoms with Gasteiger partial charge in [-0.05, 0) is 38.0 Å². The van der Waals surface area contributed by atoms with Gasteiger partial charge in [0, 0.05) is 17.2 Å². The summed E-state index contributed by atoms with van der Waals surface area (Å²) in [4.78, 5) is 4.89. The zero-order valence-electron chi connectivity index (χ0n) is 15.0. The van der Waals surface area contributed by atoms with Crippen LogP contribution in [0.5, 0.6) is 0 Å². The monoisotopic (exact) mass is 345 g/mol. The minimum atomic E-state index is 1.07. The van der Waals surface area contributed by atoms with Gasteiger partial charge >= 0.3 is 0 Å². The minimum Gasteiger partial charge on any atom is -0.236 e. The number of hydrogen-bond donors (Lipinski definition) is 0. The lowest BCUT2D eigenvalue weighted by molar-refractivity contribution is -0.659. The SMILES string of the molecule is Cc1cc(C)c(C)c(-c2cc3nc(-c4ccccc4)sc3c[n+]2C)c1. The average molecular weight is 345 g/mol. The van der Waals surface area contributed by atoms with Crippen LogP contribution >= 0.6 is 11.3 Å². The maximum Gasteiger partial charge on any atom is 0.214 e. The van der Waals surface area contributed by atoms with Crippen LogP contribution in [-0.4, -0.2) is 4.98 Å². The van der Waals surface area contributed by atoms with Crippen LogP contribution in [0.3, 0.4) is 0 Å². The van der Waals surface area contributed by atoms with Crippen LogP contribution in [0.4, 0.5) is 0 Å². The van der Waals surface area contributed by atoms with Crippen LogP contribution in [0.1, 0.15) is 16.7 Å². The predicted octanol–water partition coefficient (Wildman–Crippen LogP) is 5.38. The molecule has 0 spiro atoms. The fourth-order valence-electron chi connectivity index (χ4n) is 3.29. The van der Waals surface area contributed by atoms with Gasteiger partial charge in [0.2, 0.25) is 5.69 Å². The molecule has 0 N–H and O–H groups in total. The number of aromatic nitrogens is 2. The van der Waals surface area contributed by atoms with E-state index in [2.05, 4.69) is 81.0 Å². The summed E-state index contributed by atoms with van der Waals surface area (Å²) in [7, 11) is 2.12. The van der Waals surface area contributed by atoms with E-state index in [1.807, 2.05) is 6.07 Å². The first-order valence-corrected chi connectivity index (χ1v) is 9.28. The molecule has 25 heavy (non-hydrogen) atoms. The number of rotatable bonds is 2. The Labute approximate surface area is 152 Å². The zero-order chi connectivity index (χ0) is 17.6. The van der Waals surface area contributed by atoms with Gasteiger partial charge < -0.3 is 0 Å². The molecule has 2 nitrogen and oxygen atoms in total. The van der Waals surface area contributed by atoms with Crippen molar-refractivity contribution in [2.75, 3.05) is 0 Å². The number of benzene rings is 2. The van der Waals surface area contributed by atoms with Crippen LogP contribution in [0, 0.1) is 20.8 Å². The van der Waals surface area contributed by atoms with Gasteiger partial charge in [-0.2, -0.15) is 4.57 Å². The molecule has 0 saturated carbocycles. The highest BCUT2D eigenvalue weighted by atomic mass is 32.1. The Morgan fingerprint density at radius 3 is 2.48 bits per heavy atom. The van der Waals surface area contributed by atoms with Gasteiger partial charge in [-0.1, -0.05) is 42.0 Å². The van der Waals surface area contributed by atoms with Crippen LogP contribution in [0.2, 0.25) is 0 Å². The number of aryl methyl sites for hydroxylation is 3. The van der Waals surface area contributed by atoms with E-state index in [0.717, 1.165) is 10.5 Å². The molecule has 2 heterocycles. The maximum absolute atomic E-state index is 4.89. The highest BCUT2D eigenvalue weighted by Gasteiger charge is 2.18. The smallest absolute Gasteiger partial charge is 0.214 e. The number of nitrogens with zero attached hydrogens (tertiary/aromatic N) is 2. The Balaban J connectivity index is 1.91. The third kappa shape index (κ3) is 2.85. The van der Waals surface area contributed by atoms with E-state index in [1.54, 1.807) is 11.3 Å². The normalized spacial score (nSPS) is 11.2. The lowest BCUT2D eigenvalue weighted by atomic mass is 9.97. The molecule has 3 heteroatoms. The molecule has 0 saturated heterocycles. The van der Waals surface area contributed by atoms with E-state index in [0.29, 0.717) is 0 Å². The fraction of sp³-hybridized carbons (Fsp3) is 0.182. The van der Waals surface area contributed by atoms with Crippen LogP contribution in [0.15, 0.2) is 54.7 Å². The average Bonchev–Trinajstić information content (AvgIpc) is 3.01. The first-order chi connectivity index (χ1) is 12.0. The standard InChI is InChI=1S/C22H21N2S/c1-14-10-15(2)16(3)18(11-14)20-12-19-21(13-24(20)4)25-22(23-19)17-8-6-5-7-9-17/h5-13H,1-4H3/q+1.